The van der Waals surface area contributed by atoms with Gasteiger partial charge in [0.1, 0.15) is 0 Å². The fourth-order valence-electron chi connectivity index (χ4n) is 3.19. The summed E-state index contributed by atoms with van der Waals surface area (Å²) in [5.41, 5.74) is 1.11. The van der Waals surface area contributed by atoms with Crippen molar-refractivity contribution in [1.82, 2.24) is 14.7 Å². The smallest absolute Gasteiger partial charge is 0.409 e. The van der Waals surface area contributed by atoms with Crippen LogP contribution in [0.2, 0.25) is 0 Å². The monoisotopic (exact) mass is 375 g/mol. The standard InChI is InChI=1S/C19H25N3O5/c1-2-27-19(25)22-9-7-20(8-10-22)17(23)15-3-5-16(6-4-15)18(24)21-11-13-26-14-12-21/h3-6H,2,7-14H2,1H3. The Morgan fingerprint density at radius 3 is 1.74 bits per heavy atom. The summed E-state index contributed by atoms with van der Waals surface area (Å²) in [5, 5.41) is 0. The highest BCUT2D eigenvalue weighted by Gasteiger charge is 2.26. The van der Waals surface area contributed by atoms with E-state index in [0.29, 0.717) is 70.2 Å². The number of nitrogens with zero attached hydrogens (tertiary/aromatic N) is 3. The molecule has 0 radical (unpaired) electrons. The van der Waals surface area contributed by atoms with E-state index in [4.69, 9.17) is 9.47 Å². The van der Waals surface area contributed by atoms with Crippen LogP contribution in [0.4, 0.5) is 4.79 Å². The zero-order valence-electron chi connectivity index (χ0n) is 15.6. The Morgan fingerprint density at radius 1 is 0.815 bits per heavy atom. The molecule has 2 aliphatic rings. The number of benzene rings is 1. The third-order valence-corrected chi connectivity index (χ3v) is 4.77. The van der Waals surface area contributed by atoms with Crippen molar-refractivity contribution < 1.29 is 23.9 Å². The van der Waals surface area contributed by atoms with Gasteiger partial charge in [-0.25, -0.2) is 4.79 Å². The summed E-state index contributed by atoms with van der Waals surface area (Å²) in [6.07, 6.45) is -0.337. The molecule has 2 heterocycles. The molecule has 1 aromatic carbocycles. The van der Waals surface area contributed by atoms with E-state index in [9.17, 15) is 14.4 Å². The third-order valence-electron chi connectivity index (χ3n) is 4.77. The van der Waals surface area contributed by atoms with Crippen LogP contribution in [0.1, 0.15) is 27.6 Å². The molecule has 0 bridgehead atoms. The fraction of sp³-hybridized carbons (Fsp3) is 0.526. The van der Waals surface area contributed by atoms with Crippen LogP contribution in [0.25, 0.3) is 0 Å². The van der Waals surface area contributed by atoms with Crippen molar-refractivity contribution >= 4 is 17.9 Å². The molecule has 8 nitrogen and oxygen atoms in total. The molecular weight excluding hydrogens is 350 g/mol. The Hall–Kier alpha value is -2.61. The van der Waals surface area contributed by atoms with Gasteiger partial charge in [-0.15, -0.1) is 0 Å². The van der Waals surface area contributed by atoms with E-state index in [1.54, 1.807) is 45.9 Å². The van der Waals surface area contributed by atoms with E-state index in [-0.39, 0.29) is 17.9 Å². The van der Waals surface area contributed by atoms with Crippen LogP contribution < -0.4 is 0 Å². The zero-order valence-corrected chi connectivity index (χ0v) is 15.6. The number of hydrogen-bond donors (Lipinski definition) is 0. The minimum absolute atomic E-state index is 0.0413. The predicted octanol–water partition coefficient (Wildman–Crippen LogP) is 1.07. The van der Waals surface area contributed by atoms with Crippen molar-refractivity contribution in [2.75, 3.05) is 59.1 Å². The summed E-state index contributed by atoms with van der Waals surface area (Å²) in [4.78, 5) is 41.9. The maximum Gasteiger partial charge on any atom is 0.409 e. The van der Waals surface area contributed by atoms with Crippen molar-refractivity contribution in [3.05, 3.63) is 35.4 Å². The first kappa shape index (κ1) is 19.2. The van der Waals surface area contributed by atoms with Crippen LogP contribution in [-0.2, 0) is 9.47 Å². The number of amides is 3. The van der Waals surface area contributed by atoms with E-state index < -0.39 is 0 Å². The first-order valence-electron chi connectivity index (χ1n) is 9.28. The molecule has 0 spiro atoms. The van der Waals surface area contributed by atoms with Gasteiger partial charge in [0.05, 0.1) is 19.8 Å². The molecule has 2 aliphatic heterocycles. The lowest BCUT2D eigenvalue weighted by Crippen LogP contribution is -2.50. The second kappa shape index (κ2) is 8.85. The molecule has 0 unspecified atom stereocenters. The molecular formula is C19H25N3O5. The quantitative estimate of drug-likeness (QED) is 0.790. The minimum Gasteiger partial charge on any atom is -0.450 e. The Morgan fingerprint density at radius 2 is 1.26 bits per heavy atom. The second-order valence-electron chi connectivity index (χ2n) is 6.46. The average molecular weight is 375 g/mol. The Kier molecular flexibility index (Phi) is 6.28. The van der Waals surface area contributed by atoms with Crippen LogP contribution in [0.3, 0.4) is 0 Å². The lowest BCUT2D eigenvalue weighted by molar-refractivity contribution is 0.0303. The number of carbonyl (C=O) groups excluding carboxylic acids is 3. The summed E-state index contributed by atoms with van der Waals surface area (Å²) in [5.74, 6) is -0.135. The van der Waals surface area contributed by atoms with Crippen molar-refractivity contribution in [3.63, 3.8) is 0 Å². The maximum absolute atomic E-state index is 12.7. The van der Waals surface area contributed by atoms with Crippen molar-refractivity contribution in [3.8, 4) is 0 Å². The van der Waals surface area contributed by atoms with E-state index in [2.05, 4.69) is 0 Å². The van der Waals surface area contributed by atoms with Crippen LogP contribution in [0.15, 0.2) is 24.3 Å². The SMILES string of the molecule is CCOC(=O)N1CCN(C(=O)c2ccc(C(=O)N3CCOCC3)cc2)CC1. The number of piperazine rings is 1. The van der Waals surface area contributed by atoms with Crippen LogP contribution in [0, 0.1) is 0 Å². The third kappa shape index (κ3) is 4.57. The minimum atomic E-state index is -0.337. The van der Waals surface area contributed by atoms with E-state index in [1.807, 2.05) is 0 Å². The number of carbonyl (C=O) groups is 3. The maximum atomic E-state index is 12.7. The van der Waals surface area contributed by atoms with E-state index >= 15 is 0 Å². The highest BCUT2D eigenvalue weighted by molar-refractivity contribution is 5.98. The van der Waals surface area contributed by atoms with E-state index in [1.165, 1.54) is 0 Å². The molecule has 0 atom stereocenters. The molecule has 3 amide bonds. The van der Waals surface area contributed by atoms with Gasteiger partial charge in [0.15, 0.2) is 0 Å². The lowest BCUT2D eigenvalue weighted by Gasteiger charge is -2.34. The zero-order chi connectivity index (χ0) is 19.2. The van der Waals surface area contributed by atoms with Gasteiger partial charge in [0.25, 0.3) is 11.8 Å². The molecule has 2 saturated heterocycles. The summed E-state index contributed by atoms with van der Waals surface area (Å²) in [6.45, 7) is 6.24. The van der Waals surface area contributed by atoms with Gasteiger partial charge in [-0.3, -0.25) is 9.59 Å². The molecule has 0 saturated carbocycles. The van der Waals surface area contributed by atoms with Crippen molar-refractivity contribution in [1.29, 1.82) is 0 Å². The molecule has 0 aromatic heterocycles. The predicted molar refractivity (Wildman–Crippen MR) is 97.7 cm³/mol. The highest BCUT2D eigenvalue weighted by Crippen LogP contribution is 2.13. The number of rotatable bonds is 3. The molecule has 3 rings (SSSR count). The van der Waals surface area contributed by atoms with Crippen LogP contribution in [-0.4, -0.2) is 91.7 Å². The van der Waals surface area contributed by atoms with Gasteiger partial charge in [-0.1, -0.05) is 0 Å². The molecule has 146 valence electrons. The van der Waals surface area contributed by atoms with Gasteiger partial charge >= 0.3 is 6.09 Å². The van der Waals surface area contributed by atoms with Gasteiger partial charge < -0.3 is 24.2 Å². The second-order valence-corrected chi connectivity index (χ2v) is 6.46. The number of morpholine rings is 1. The molecule has 8 heteroatoms. The van der Waals surface area contributed by atoms with Crippen molar-refractivity contribution in [2.45, 2.75) is 6.92 Å². The summed E-state index contributed by atoms with van der Waals surface area (Å²) in [6, 6.07) is 6.77. The normalized spacial score (nSPS) is 17.6. The van der Waals surface area contributed by atoms with Gasteiger partial charge in [-0.05, 0) is 31.2 Å². The van der Waals surface area contributed by atoms with Crippen molar-refractivity contribution in [2.24, 2.45) is 0 Å². The Bertz CT molecular complexity index is 677. The number of hydrogen-bond acceptors (Lipinski definition) is 5. The largest absolute Gasteiger partial charge is 0.450 e. The first-order chi connectivity index (χ1) is 13.1. The van der Waals surface area contributed by atoms with Gasteiger partial charge in [-0.2, -0.15) is 0 Å². The Balaban J connectivity index is 1.56. The molecule has 0 N–H and O–H groups in total. The van der Waals surface area contributed by atoms with Gasteiger partial charge in [0.2, 0.25) is 0 Å². The van der Waals surface area contributed by atoms with Crippen LogP contribution >= 0.6 is 0 Å². The lowest BCUT2D eigenvalue weighted by atomic mass is 10.1. The molecule has 1 aromatic rings. The molecule has 2 fully saturated rings. The molecule has 0 aliphatic carbocycles. The topological polar surface area (TPSA) is 79.4 Å². The van der Waals surface area contributed by atoms with Gasteiger partial charge in [0, 0.05) is 50.4 Å². The summed E-state index contributed by atoms with van der Waals surface area (Å²) in [7, 11) is 0. The summed E-state index contributed by atoms with van der Waals surface area (Å²) >= 11 is 0. The number of ether oxygens (including phenoxy) is 2. The van der Waals surface area contributed by atoms with E-state index in [0.717, 1.165) is 0 Å². The fourth-order valence-corrected chi connectivity index (χ4v) is 3.19. The Labute approximate surface area is 158 Å². The average Bonchev–Trinajstić information content (AvgIpc) is 2.74. The summed E-state index contributed by atoms with van der Waals surface area (Å²) < 4.78 is 10.2. The highest BCUT2D eigenvalue weighted by atomic mass is 16.6. The molecule has 27 heavy (non-hydrogen) atoms. The van der Waals surface area contributed by atoms with Crippen LogP contribution in [0.5, 0.6) is 0 Å². The first-order valence-corrected chi connectivity index (χ1v) is 9.28.